The predicted molar refractivity (Wildman–Crippen MR) is 127 cm³/mol. The second-order valence-electron chi connectivity index (χ2n) is 8.87. The minimum atomic E-state index is -0.523. The molecule has 6 nitrogen and oxygen atoms in total. The van der Waals surface area contributed by atoms with E-state index in [4.69, 9.17) is 0 Å². The van der Waals surface area contributed by atoms with Crippen molar-refractivity contribution in [1.29, 1.82) is 0 Å². The third-order valence-corrected chi connectivity index (χ3v) is 6.76. The summed E-state index contributed by atoms with van der Waals surface area (Å²) in [5.74, 6) is -0.865. The molecular formula is C26H35N3O3. The average Bonchev–Trinajstić information content (AvgIpc) is 2.83. The molecule has 1 atom stereocenters. The minimum Gasteiger partial charge on any atom is -0.352 e. The Hall–Kier alpha value is -2.89. The Labute approximate surface area is 190 Å². The smallest absolute Gasteiger partial charge is 0.256 e. The van der Waals surface area contributed by atoms with Crippen LogP contribution in [0.15, 0.2) is 47.5 Å². The zero-order chi connectivity index (χ0) is 23.1. The van der Waals surface area contributed by atoms with Crippen LogP contribution in [0.2, 0.25) is 0 Å². The highest BCUT2D eigenvalue weighted by molar-refractivity contribution is 5.99. The largest absolute Gasteiger partial charge is 0.352 e. The van der Waals surface area contributed by atoms with E-state index in [9.17, 15) is 14.4 Å². The number of rotatable bonds is 8. The molecule has 1 aliphatic carbocycles. The van der Waals surface area contributed by atoms with Gasteiger partial charge >= 0.3 is 0 Å². The summed E-state index contributed by atoms with van der Waals surface area (Å²) in [6.07, 6.45) is 9.43. The molecule has 6 heteroatoms. The number of carbonyl (C=O) groups excluding carboxylic acids is 2. The van der Waals surface area contributed by atoms with Crippen molar-refractivity contribution in [3.8, 4) is 0 Å². The summed E-state index contributed by atoms with van der Waals surface area (Å²) < 4.78 is 1.80. The molecule has 0 radical (unpaired) electrons. The number of pyridine rings is 1. The van der Waals surface area contributed by atoms with Gasteiger partial charge in [-0.1, -0.05) is 56.5 Å². The Kier molecular flexibility index (Phi) is 7.89. The second-order valence-corrected chi connectivity index (χ2v) is 8.87. The number of carbonyl (C=O) groups is 2. The molecule has 1 aromatic carbocycles. The fraction of sp³-hybridized carbons (Fsp3) is 0.500. The Balaban J connectivity index is 1.91. The fourth-order valence-electron chi connectivity index (χ4n) is 4.57. The van der Waals surface area contributed by atoms with Gasteiger partial charge < -0.3 is 15.2 Å². The molecule has 172 valence electrons. The summed E-state index contributed by atoms with van der Waals surface area (Å²) in [7, 11) is 0. The van der Waals surface area contributed by atoms with E-state index in [0.717, 1.165) is 32.1 Å². The topological polar surface area (TPSA) is 80.2 Å². The van der Waals surface area contributed by atoms with Gasteiger partial charge in [-0.05, 0) is 38.7 Å². The van der Waals surface area contributed by atoms with Gasteiger partial charge in [-0.25, -0.2) is 0 Å². The number of amides is 2. The van der Waals surface area contributed by atoms with Crippen LogP contribution in [-0.4, -0.2) is 29.5 Å². The van der Waals surface area contributed by atoms with Gasteiger partial charge in [0.1, 0.15) is 11.1 Å². The SMILES string of the molecule is CCNC(=O)c1cn(C(C)CC)cc(C(=O)NCC2(c3ccccc3)CCCCC2)c1=O. The van der Waals surface area contributed by atoms with E-state index in [1.807, 2.05) is 32.0 Å². The molecular weight excluding hydrogens is 402 g/mol. The molecule has 2 N–H and O–H groups in total. The van der Waals surface area contributed by atoms with Gasteiger partial charge in [-0.15, -0.1) is 0 Å². The van der Waals surface area contributed by atoms with Crippen LogP contribution in [0, 0.1) is 0 Å². The van der Waals surface area contributed by atoms with Crippen LogP contribution in [0.1, 0.15) is 91.6 Å². The molecule has 0 bridgehead atoms. The van der Waals surface area contributed by atoms with Gasteiger partial charge in [0.25, 0.3) is 11.8 Å². The number of nitrogens with zero attached hydrogens (tertiary/aromatic N) is 1. The number of hydrogen-bond acceptors (Lipinski definition) is 3. The molecule has 1 unspecified atom stereocenters. The van der Waals surface area contributed by atoms with E-state index in [-0.39, 0.29) is 22.6 Å². The van der Waals surface area contributed by atoms with Gasteiger partial charge in [-0.2, -0.15) is 0 Å². The lowest BCUT2D eigenvalue weighted by Crippen LogP contribution is -2.44. The van der Waals surface area contributed by atoms with Crippen molar-refractivity contribution in [1.82, 2.24) is 15.2 Å². The number of hydrogen-bond donors (Lipinski definition) is 2. The van der Waals surface area contributed by atoms with Gasteiger partial charge in [0.05, 0.1) is 0 Å². The number of nitrogens with one attached hydrogen (secondary N) is 2. The first-order valence-electron chi connectivity index (χ1n) is 11.8. The molecule has 1 fully saturated rings. The molecule has 0 saturated heterocycles. The molecule has 2 amide bonds. The summed E-state index contributed by atoms with van der Waals surface area (Å²) in [5.41, 5.74) is 0.615. The maximum absolute atomic E-state index is 13.2. The first-order valence-corrected chi connectivity index (χ1v) is 11.8. The van der Waals surface area contributed by atoms with E-state index in [1.165, 1.54) is 12.0 Å². The summed E-state index contributed by atoms with van der Waals surface area (Å²) in [4.78, 5) is 38.8. The zero-order valence-corrected chi connectivity index (χ0v) is 19.4. The van der Waals surface area contributed by atoms with E-state index in [2.05, 4.69) is 22.8 Å². The highest BCUT2D eigenvalue weighted by atomic mass is 16.2. The van der Waals surface area contributed by atoms with Crippen molar-refractivity contribution in [2.24, 2.45) is 0 Å². The van der Waals surface area contributed by atoms with E-state index in [0.29, 0.717) is 13.1 Å². The molecule has 3 rings (SSSR count). The molecule has 0 aliphatic heterocycles. The summed E-state index contributed by atoms with van der Waals surface area (Å²) in [6.45, 7) is 6.72. The van der Waals surface area contributed by atoms with Crippen LogP contribution in [0.25, 0.3) is 0 Å². The van der Waals surface area contributed by atoms with Crippen LogP contribution in [-0.2, 0) is 5.41 Å². The first kappa shape index (κ1) is 23.8. The molecule has 32 heavy (non-hydrogen) atoms. The lowest BCUT2D eigenvalue weighted by atomic mass is 9.69. The zero-order valence-electron chi connectivity index (χ0n) is 19.4. The van der Waals surface area contributed by atoms with Gasteiger partial charge in [0, 0.05) is 36.9 Å². The Bertz CT molecular complexity index is 991. The van der Waals surface area contributed by atoms with Gasteiger partial charge in [0.2, 0.25) is 5.43 Å². The normalized spacial score (nSPS) is 16.2. The Morgan fingerprint density at radius 3 is 2.12 bits per heavy atom. The van der Waals surface area contributed by atoms with E-state index in [1.54, 1.807) is 23.9 Å². The Morgan fingerprint density at radius 2 is 1.56 bits per heavy atom. The summed E-state index contributed by atoms with van der Waals surface area (Å²) in [5, 5.41) is 5.73. The fourth-order valence-corrected chi connectivity index (χ4v) is 4.57. The van der Waals surface area contributed by atoms with Crippen LogP contribution < -0.4 is 16.1 Å². The number of benzene rings is 1. The molecule has 0 spiro atoms. The average molecular weight is 438 g/mol. The summed E-state index contributed by atoms with van der Waals surface area (Å²) in [6, 6.07) is 10.4. The second kappa shape index (κ2) is 10.6. The Morgan fingerprint density at radius 1 is 0.969 bits per heavy atom. The van der Waals surface area contributed by atoms with Crippen LogP contribution >= 0.6 is 0 Å². The van der Waals surface area contributed by atoms with E-state index < -0.39 is 17.2 Å². The molecule has 1 aliphatic rings. The summed E-state index contributed by atoms with van der Waals surface area (Å²) >= 11 is 0. The maximum Gasteiger partial charge on any atom is 0.256 e. The molecule has 1 aromatic heterocycles. The lowest BCUT2D eigenvalue weighted by Gasteiger charge is -2.38. The monoisotopic (exact) mass is 437 g/mol. The van der Waals surface area contributed by atoms with Gasteiger partial charge in [-0.3, -0.25) is 14.4 Å². The van der Waals surface area contributed by atoms with Crippen LogP contribution in [0.3, 0.4) is 0 Å². The lowest BCUT2D eigenvalue weighted by molar-refractivity contribution is 0.0934. The van der Waals surface area contributed by atoms with Crippen molar-refractivity contribution in [2.75, 3.05) is 13.1 Å². The third-order valence-electron chi connectivity index (χ3n) is 6.76. The van der Waals surface area contributed by atoms with Crippen molar-refractivity contribution in [2.45, 2.75) is 70.8 Å². The molecule has 2 aromatic rings. The highest BCUT2D eigenvalue weighted by Gasteiger charge is 2.34. The van der Waals surface area contributed by atoms with Crippen LogP contribution in [0.5, 0.6) is 0 Å². The predicted octanol–water partition coefficient (Wildman–Crippen LogP) is 4.20. The standard InChI is InChI=1S/C26H35N3O3/c1-4-19(3)29-16-21(24(31)27-5-2)23(30)22(17-29)25(32)28-18-26(14-10-7-11-15-26)20-12-8-6-9-13-20/h6,8-9,12-13,16-17,19H,4-5,7,10-11,14-15,18H2,1-3H3,(H,27,31)(H,28,32). The number of aromatic nitrogens is 1. The maximum atomic E-state index is 13.2. The van der Waals surface area contributed by atoms with Crippen molar-refractivity contribution < 1.29 is 9.59 Å². The van der Waals surface area contributed by atoms with E-state index >= 15 is 0 Å². The third kappa shape index (κ3) is 5.12. The quantitative estimate of drug-likeness (QED) is 0.649. The highest BCUT2D eigenvalue weighted by Crippen LogP contribution is 2.38. The molecule has 1 saturated carbocycles. The van der Waals surface area contributed by atoms with Crippen LogP contribution in [0.4, 0.5) is 0 Å². The van der Waals surface area contributed by atoms with Crippen molar-refractivity contribution in [3.63, 3.8) is 0 Å². The van der Waals surface area contributed by atoms with Crippen molar-refractivity contribution in [3.05, 3.63) is 69.6 Å². The molecule has 1 heterocycles. The van der Waals surface area contributed by atoms with Gasteiger partial charge in [0.15, 0.2) is 0 Å². The van der Waals surface area contributed by atoms with Crippen molar-refractivity contribution >= 4 is 11.8 Å². The first-order chi connectivity index (χ1) is 15.4. The minimum absolute atomic E-state index is 0.00948.